The summed E-state index contributed by atoms with van der Waals surface area (Å²) in [5.74, 6) is -1.01. The van der Waals surface area contributed by atoms with E-state index in [1.54, 1.807) is 6.92 Å². The summed E-state index contributed by atoms with van der Waals surface area (Å²) in [4.78, 5) is 11.3. The van der Waals surface area contributed by atoms with E-state index < -0.39 is 18.0 Å². The predicted octanol–water partition coefficient (Wildman–Crippen LogP) is 1.37. The van der Waals surface area contributed by atoms with Crippen LogP contribution in [0.3, 0.4) is 0 Å². The Kier molecular flexibility index (Phi) is 4.70. The second kappa shape index (κ2) is 5.02. The number of aliphatic hydroxyl groups is 1. The van der Waals surface area contributed by atoms with E-state index in [-0.39, 0.29) is 5.92 Å². The Balaban J connectivity index is 4.61. The summed E-state index contributed by atoms with van der Waals surface area (Å²) in [7, 11) is 1.31. The fourth-order valence-corrected chi connectivity index (χ4v) is 1.14. The molecule has 0 saturated heterocycles. The molecule has 0 heterocycles. The minimum absolute atomic E-state index is 0.0146. The van der Waals surface area contributed by atoms with Crippen molar-refractivity contribution >= 4 is 5.97 Å². The first-order chi connectivity index (χ1) is 5.91. The second-order valence-electron chi connectivity index (χ2n) is 3.58. The molecule has 0 bridgehead atoms. The zero-order chi connectivity index (χ0) is 10.6. The SMILES string of the molecule is C=C(C)[C@@H](C(=O)OC)[C@H](O)C(C)C. The highest BCUT2D eigenvalue weighted by atomic mass is 16.5. The third-order valence-electron chi connectivity index (χ3n) is 2.01. The molecule has 0 aromatic rings. The van der Waals surface area contributed by atoms with Crippen LogP contribution in [0.15, 0.2) is 12.2 Å². The van der Waals surface area contributed by atoms with E-state index in [4.69, 9.17) is 0 Å². The van der Waals surface area contributed by atoms with Crippen LogP contribution in [-0.4, -0.2) is 24.3 Å². The average Bonchev–Trinajstić information content (AvgIpc) is 2.03. The highest BCUT2D eigenvalue weighted by Crippen LogP contribution is 2.20. The van der Waals surface area contributed by atoms with E-state index in [1.165, 1.54) is 7.11 Å². The van der Waals surface area contributed by atoms with Gasteiger partial charge in [0.25, 0.3) is 0 Å². The topological polar surface area (TPSA) is 46.5 Å². The number of esters is 1. The maximum absolute atomic E-state index is 11.3. The zero-order valence-corrected chi connectivity index (χ0v) is 8.70. The Morgan fingerprint density at radius 1 is 1.46 bits per heavy atom. The summed E-state index contributed by atoms with van der Waals surface area (Å²) in [5.41, 5.74) is 0.632. The summed E-state index contributed by atoms with van der Waals surface area (Å²) >= 11 is 0. The van der Waals surface area contributed by atoms with Crippen LogP contribution < -0.4 is 0 Å². The van der Waals surface area contributed by atoms with Crippen molar-refractivity contribution in [1.29, 1.82) is 0 Å². The monoisotopic (exact) mass is 186 g/mol. The normalized spacial score (nSPS) is 15.2. The van der Waals surface area contributed by atoms with Crippen LogP contribution in [0.4, 0.5) is 0 Å². The molecule has 0 aromatic carbocycles. The van der Waals surface area contributed by atoms with Crippen LogP contribution in [0.25, 0.3) is 0 Å². The van der Waals surface area contributed by atoms with Gasteiger partial charge in [-0.05, 0) is 12.8 Å². The van der Waals surface area contributed by atoms with Crippen molar-refractivity contribution in [3.8, 4) is 0 Å². The van der Waals surface area contributed by atoms with Crippen LogP contribution in [0.1, 0.15) is 20.8 Å². The standard InChI is InChI=1S/C10H18O3/c1-6(2)8(10(12)13-5)9(11)7(3)4/h7-9,11H,1H2,2-5H3/t8-,9-/m1/s1. The van der Waals surface area contributed by atoms with Gasteiger partial charge in [-0.25, -0.2) is 0 Å². The number of rotatable bonds is 4. The van der Waals surface area contributed by atoms with E-state index in [0.717, 1.165) is 0 Å². The fourth-order valence-electron chi connectivity index (χ4n) is 1.14. The zero-order valence-electron chi connectivity index (χ0n) is 8.70. The molecule has 0 fully saturated rings. The molecular formula is C10H18O3. The molecule has 76 valence electrons. The molecule has 3 nitrogen and oxygen atoms in total. The van der Waals surface area contributed by atoms with Crippen LogP contribution in [-0.2, 0) is 9.53 Å². The van der Waals surface area contributed by atoms with Gasteiger partial charge in [-0.15, -0.1) is 0 Å². The lowest BCUT2D eigenvalue weighted by atomic mass is 9.88. The highest BCUT2D eigenvalue weighted by molar-refractivity contribution is 5.76. The number of methoxy groups -OCH3 is 1. The van der Waals surface area contributed by atoms with Gasteiger partial charge in [0.2, 0.25) is 0 Å². The number of carbonyl (C=O) groups excluding carboxylic acids is 1. The smallest absolute Gasteiger partial charge is 0.315 e. The quantitative estimate of drug-likeness (QED) is 0.533. The van der Waals surface area contributed by atoms with E-state index in [0.29, 0.717) is 5.57 Å². The largest absolute Gasteiger partial charge is 0.468 e. The molecule has 0 spiro atoms. The Morgan fingerprint density at radius 2 is 1.92 bits per heavy atom. The first-order valence-electron chi connectivity index (χ1n) is 4.33. The average molecular weight is 186 g/mol. The highest BCUT2D eigenvalue weighted by Gasteiger charge is 2.30. The molecular weight excluding hydrogens is 168 g/mol. The molecule has 2 atom stereocenters. The van der Waals surface area contributed by atoms with Gasteiger partial charge in [0.1, 0.15) is 5.92 Å². The van der Waals surface area contributed by atoms with Crippen LogP contribution in [0.5, 0.6) is 0 Å². The van der Waals surface area contributed by atoms with Crippen LogP contribution >= 0.6 is 0 Å². The van der Waals surface area contributed by atoms with Crippen LogP contribution in [0.2, 0.25) is 0 Å². The first-order valence-corrected chi connectivity index (χ1v) is 4.33. The van der Waals surface area contributed by atoms with E-state index in [2.05, 4.69) is 11.3 Å². The summed E-state index contributed by atoms with van der Waals surface area (Å²) in [6, 6.07) is 0. The summed E-state index contributed by atoms with van der Waals surface area (Å²) < 4.78 is 4.59. The van der Waals surface area contributed by atoms with Crippen molar-refractivity contribution in [3.05, 3.63) is 12.2 Å². The lowest BCUT2D eigenvalue weighted by Crippen LogP contribution is -2.33. The molecule has 1 N–H and O–H groups in total. The lowest BCUT2D eigenvalue weighted by molar-refractivity contribution is -0.148. The number of hydrogen-bond acceptors (Lipinski definition) is 3. The molecule has 3 heteroatoms. The number of aliphatic hydroxyl groups excluding tert-OH is 1. The molecule has 0 rings (SSSR count). The van der Waals surface area contributed by atoms with E-state index >= 15 is 0 Å². The van der Waals surface area contributed by atoms with E-state index in [1.807, 2.05) is 13.8 Å². The fraction of sp³-hybridized carbons (Fsp3) is 0.700. The molecule has 0 aliphatic heterocycles. The van der Waals surface area contributed by atoms with Gasteiger partial charge in [0, 0.05) is 0 Å². The number of ether oxygens (including phenoxy) is 1. The van der Waals surface area contributed by atoms with Gasteiger partial charge in [-0.1, -0.05) is 26.0 Å². The Labute approximate surface area is 79.4 Å². The van der Waals surface area contributed by atoms with Gasteiger partial charge in [-0.3, -0.25) is 4.79 Å². The van der Waals surface area contributed by atoms with E-state index in [9.17, 15) is 9.90 Å². The van der Waals surface area contributed by atoms with Crippen molar-refractivity contribution in [2.24, 2.45) is 11.8 Å². The third kappa shape index (κ3) is 3.19. The summed E-state index contributed by atoms with van der Waals surface area (Å²) in [6.07, 6.45) is -0.718. The molecule has 0 aliphatic rings. The Morgan fingerprint density at radius 3 is 2.15 bits per heavy atom. The van der Waals surface area contributed by atoms with Gasteiger partial charge in [-0.2, -0.15) is 0 Å². The van der Waals surface area contributed by atoms with Crippen molar-refractivity contribution in [2.45, 2.75) is 26.9 Å². The van der Waals surface area contributed by atoms with Gasteiger partial charge >= 0.3 is 5.97 Å². The van der Waals surface area contributed by atoms with Crippen LogP contribution in [0, 0.1) is 11.8 Å². The number of hydrogen-bond donors (Lipinski definition) is 1. The maximum Gasteiger partial charge on any atom is 0.315 e. The Bertz CT molecular complexity index is 196. The molecule has 0 amide bonds. The van der Waals surface area contributed by atoms with Crippen molar-refractivity contribution in [3.63, 3.8) is 0 Å². The second-order valence-corrected chi connectivity index (χ2v) is 3.58. The molecule has 0 radical (unpaired) electrons. The predicted molar refractivity (Wildman–Crippen MR) is 51.2 cm³/mol. The maximum atomic E-state index is 11.3. The van der Waals surface area contributed by atoms with Gasteiger partial charge in [0.05, 0.1) is 13.2 Å². The lowest BCUT2D eigenvalue weighted by Gasteiger charge is -2.23. The first kappa shape index (κ1) is 12.2. The third-order valence-corrected chi connectivity index (χ3v) is 2.01. The molecule has 13 heavy (non-hydrogen) atoms. The van der Waals surface area contributed by atoms with Crippen molar-refractivity contribution < 1.29 is 14.6 Å². The number of carbonyl (C=O) groups is 1. The summed E-state index contributed by atoms with van der Waals surface area (Å²) in [6.45, 7) is 9.08. The van der Waals surface area contributed by atoms with Gasteiger partial charge < -0.3 is 9.84 Å². The molecule has 0 saturated carbocycles. The minimum Gasteiger partial charge on any atom is -0.468 e. The minimum atomic E-state index is -0.718. The molecule has 0 unspecified atom stereocenters. The van der Waals surface area contributed by atoms with Gasteiger partial charge in [0.15, 0.2) is 0 Å². The molecule has 0 aromatic heterocycles. The molecule has 0 aliphatic carbocycles. The van der Waals surface area contributed by atoms with Crippen molar-refractivity contribution in [2.75, 3.05) is 7.11 Å². The van der Waals surface area contributed by atoms with Crippen molar-refractivity contribution in [1.82, 2.24) is 0 Å². The summed E-state index contributed by atoms with van der Waals surface area (Å²) in [5, 5.41) is 9.70. The Hall–Kier alpha value is -0.830.